The first-order valence-corrected chi connectivity index (χ1v) is 4.95. The highest BCUT2D eigenvalue weighted by Crippen LogP contribution is 2.20. The van der Waals surface area contributed by atoms with Gasteiger partial charge in [-0.1, -0.05) is 18.2 Å². The van der Waals surface area contributed by atoms with Crippen LogP contribution in [-0.2, 0) is 0 Å². The molecule has 1 aromatic rings. The van der Waals surface area contributed by atoms with Crippen molar-refractivity contribution in [3.05, 3.63) is 35.9 Å². The van der Waals surface area contributed by atoms with Crippen molar-refractivity contribution >= 4 is 17.7 Å². The van der Waals surface area contributed by atoms with Crippen molar-refractivity contribution < 1.29 is 4.79 Å². The zero-order valence-electron chi connectivity index (χ0n) is 6.56. The average molecular weight is 179 g/mol. The van der Waals surface area contributed by atoms with E-state index < -0.39 is 0 Å². The fraction of sp³-hybridized carbons (Fsp3) is 0.222. The summed E-state index contributed by atoms with van der Waals surface area (Å²) in [6, 6.07) is 9.40. The molecule has 0 atom stereocenters. The van der Waals surface area contributed by atoms with E-state index in [0.717, 1.165) is 17.3 Å². The minimum Gasteiger partial charge on any atom is -0.320 e. The fourth-order valence-electron chi connectivity index (χ4n) is 1.06. The van der Waals surface area contributed by atoms with Crippen molar-refractivity contribution in [2.45, 2.75) is 0 Å². The van der Waals surface area contributed by atoms with Crippen LogP contribution in [-0.4, -0.2) is 22.6 Å². The lowest BCUT2D eigenvalue weighted by Crippen LogP contribution is -2.37. The van der Waals surface area contributed by atoms with Crippen molar-refractivity contribution in [2.24, 2.45) is 0 Å². The lowest BCUT2D eigenvalue weighted by atomic mass is 10.2. The second kappa shape index (κ2) is 3.19. The lowest BCUT2D eigenvalue weighted by molar-refractivity contribution is 0.0796. The van der Waals surface area contributed by atoms with Crippen LogP contribution in [0.25, 0.3) is 0 Å². The van der Waals surface area contributed by atoms with E-state index in [0.29, 0.717) is 0 Å². The molecule has 0 aromatic heterocycles. The zero-order valence-corrected chi connectivity index (χ0v) is 7.38. The highest BCUT2D eigenvalue weighted by Gasteiger charge is 2.21. The van der Waals surface area contributed by atoms with E-state index >= 15 is 0 Å². The van der Waals surface area contributed by atoms with Crippen molar-refractivity contribution in [1.29, 1.82) is 0 Å². The maximum atomic E-state index is 11.5. The number of carbonyl (C=O) groups is 1. The summed E-state index contributed by atoms with van der Waals surface area (Å²) in [4.78, 5) is 13.4. The smallest absolute Gasteiger partial charge is 0.255 e. The molecule has 1 aromatic carbocycles. The van der Waals surface area contributed by atoms with Crippen LogP contribution in [0.3, 0.4) is 0 Å². The molecule has 1 saturated heterocycles. The molecule has 0 bridgehead atoms. The summed E-state index contributed by atoms with van der Waals surface area (Å²) in [7, 11) is 0. The number of thioether (sulfide) groups is 1. The number of hydrogen-bond donors (Lipinski definition) is 0. The third-order valence-electron chi connectivity index (χ3n) is 1.80. The van der Waals surface area contributed by atoms with Crippen molar-refractivity contribution in [3.8, 4) is 0 Å². The van der Waals surface area contributed by atoms with E-state index in [4.69, 9.17) is 0 Å². The summed E-state index contributed by atoms with van der Waals surface area (Å²) < 4.78 is 0. The molecule has 3 heteroatoms. The van der Waals surface area contributed by atoms with E-state index in [-0.39, 0.29) is 5.91 Å². The van der Waals surface area contributed by atoms with Crippen LogP contribution in [0.2, 0.25) is 0 Å². The Kier molecular flexibility index (Phi) is 2.04. The topological polar surface area (TPSA) is 20.3 Å². The maximum absolute atomic E-state index is 11.5. The van der Waals surface area contributed by atoms with Crippen LogP contribution in [0, 0.1) is 0 Å². The molecule has 12 heavy (non-hydrogen) atoms. The van der Waals surface area contributed by atoms with Gasteiger partial charge in [-0.2, -0.15) is 0 Å². The van der Waals surface area contributed by atoms with E-state index in [9.17, 15) is 4.79 Å². The van der Waals surface area contributed by atoms with Crippen LogP contribution in [0.15, 0.2) is 30.3 Å². The van der Waals surface area contributed by atoms with Crippen molar-refractivity contribution in [1.82, 2.24) is 4.90 Å². The second-order valence-corrected chi connectivity index (χ2v) is 3.60. The molecule has 1 amide bonds. The number of hydrogen-bond acceptors (Lipinski definition) is 2. The molecule has 0 saturated carbocycles. The predicted octanol–water partition coefficient (Wildman–Crippen LogP) is 1.79. The summed E-state index contributed by atoms with van der Waals surface area (Å²) in [6.07, 6.45) is 0. The number of amides is 1. The van der Waals surface area contributed by atoms with Gasteiger partial charge >= 0.3 is 0 Å². The molecule has 0 spiro atoms. The summed E-state index contributed by atoms with van der Waals surface area (Å²) in [5.74, 6) is 1.83. The fourth-order valence-corrected chi connectivity index (χ4v) is 1.66. The first-order valence-electron chi connectivity index (χ1n) is 3.80. The molecule has 62 valence electrons. The summed E-state index contributed by atoms with van der Waals surface area (Å²) in [6.45, 7) is 0. The van der Waals surface area contributed by atoms with Crippen LogP contribution < -0.4 is 0 Å². The molecule has 2 nitrogen and oxygen atoms in total. The van der Waals surface area contributed by atoms with Gasteiger partial charge in [0.2, 0.25) is 0 Å². The van der Waals surface area contributed by atoms with Crippen LogP contribution in [0.5, 0.6) is 0 Å². The summed E-state index contributed by atoms with van der Waals surface area (Å²) >= 11 is 1.77. The van der Waals surface area contributed by atoms with Gasteiger partial charge in [0.1, 0.15) is 0 Å². The van der Waals surface area contributed by atoms with Crippen LogP contribution >= 0.6 is 11.8 Å². The third-order valence-corrected chi connectivity index (χ3v) is 2.79. The third kappa shape index (κ3) is 1.32. The molecule has 0 aliphatic carbocycles. The molecular formula is C9H9NOS. The minimum absolute atomic E-state index is 0.148. The Labute approximate surface area is 75.6 Å². The van der Waals surface area contributed by atoms with Gasteiger partial charge in [0.05, 0.1) is 11.8 Å². The SMILES string of the molecule is O=C(c1ccccc1)N1CSC1. The predicted molar refractivity (Wildman–Crippen MR) is 49.9 cm³/mol. The summed E-state index contributed by atoms with van der Waals surface area (Å²) in [5.41, 5.74) is 0.790. The van der Waals surface area contributed by atoms with Gasteiger partial charge in [-0.3, -0.25) is 4.79 Å². The molecule has 0 radical (unpaired) electrons. The van der Waals surface area contributed by atoms with Gasteiger partial charge in [-0.25, -0.2) is 0 Å². The molecule has 1 fully saturated rings. The minimum atomic E-state index is 0.148. The molecule has 1 heterocycles. The number of rotatable bonds is 1. The van der Waals surface area contributed by atoms with Gasteiger partial charge < -0.3 is 4.90 Å². The Bertz CT molecular complexity index is 282. The summed E-state index contributed by atoms with van der Waals surface area (Å²) in [5, 5.41) is 0. The Morgan fingerprint density at radius 3 is 2.42 bits per heavy atom. The Morgan fingerprint density at radius 2 is 1.92 bits per heavy atom. The Morgan fingerprint density at radius 1 is 1.25 bits per heavy atom. The van der Waals surface area contributed by atoms with Crippen LogP contribution in [0.1, 0.15) is 10.4 Å². The molecule has 1 aliphatic heterocycles. The molecule has 0 N–H and O–H groups in total. The van der Waals surface area contributed by atoms with E-state index in [1.807, 2.05) is 35.2 Å². The molecule has 2 rings (SSSR count). The number of benzene rings is 1. The first-order chi connectivity index (χ1) is 5.88. The molecular weight excluding hydrogens is 170 g/mol. The highest BCUT2D eigenvalue weighted by molar-refractivity contribution is 8.00. The van der Waals surface area contributed by atoms with E-state index in [2.05, 4.69) is 0 Å². The van der Waals surface area contributed by atoms with Gasteiger partial charge in [0, 0.05) is 5.56 Å². The first kappa shape index (κ1) is 7.68. The zero-order chi connectivity index (χ0) is 8.39. The van der Waals surface area contributed by atoms with E-state index in [1.54, 1.807) is 11.8 Å². The molecule has 0 unspecified atom stereocenters. The lowest BCUT2D eigenvalue weighted by Gasteiger charge is -2.29. The quantitative estimate of drug-likeness (QED) is 0.655. The van der Waals surface area contributed by atoms with Gasteiger partial charge in [0.15, 0.2) is 0 Å². The monoisotopic (exact) mass is 179 g/mol. The van der Waals surface area contributed by atoms with E-state index in [1.165, 1.54) is 0 Å². The normalized spacial score (nSPS) is 15.5. The standard InChI is InChI=1S/C9H9NOS/c11-9(10-6-12-7-10)8-4-2-1-3-5-8/h1-5H,6-7H2. The van der Waals surface area contributed by atoms with Crippen molar-refractivity contribution in [3.63, 3.8) is 0 Å². The Balaban J connectivity index is 2.14. The second-order valence-electron chi connectivity index (χ2n) is 2.67. The average Bonchev–Trinajstić information content (AvgIpc) is 2.03. The van der Waals surface area contributed by atoms with Gasteiger partial charge in [-0.05, 0) is 12.1 Å². The van der Waals surface area contributed by atoms with Gasteiger partial charge in [0.25, 0.3) is 5.91 Å². The number of nitrogens with zero attached hydrogens (tertiary/aromatic N) is 1. The maximum Gasteiger partial charge on any atom is 0.255 e. The number of carbonyl (C=O) groups excluding carboxylic acids is 1. The molecule has 1 aliphatic rings. The van der Waals surface area contributed by atoms with Crippen LogP contribution in [0.4, 0.5) is 0 Å². The largest absolute Gasteiger partial charge is 0.320 e. The highest BCUT2D eigenvalue weighted by atomic mass is 32.2. The van der Waals surface area contributed by atoms with Gasteiger partial charge in [-0.15, -0.1) is 11.8 Å². The van der Waals surface area contributed by atoms with Crippen molar-refractivity contribution in [2.75, 3.05) is 11.8 Å². The Hall–Kier alpha value is -0.960.